The van der Waals surface area contributed by atoms with E-state index in [-0.39, 0.29) is 53.5 Å². The molecule has 1 aliphatic rings. The van der Waals surface area contributed by atoms with Gasteiger partial charge in [0, 0.05) is 30.9 Å². The van der Waals surface area contributed by atoms with Gasteiger partial charge in [-0.15, -0.1) is 0 Å². The molecule has 3 N–H and O–H groups in total. The second-order valence-electron chi connectivity index (χ2n) is 10.7. The van der Waals surface area contributed by atoms with Crippen LogP contribution in [0.4, 0.5) is 16.2 Å². The van der Waals surface area contributed by atoms with Crippen molar-refractivity contribution < 1.29 is 37.3 Å². The molecule has 13 heteroatoms. The molecule has 0 spiro atoms. The van der Waals surface area contributed by atoms with Gasteiger partial charge < -0.3 is 34.4 Å². The van der Waals surface area contributed by atoms with E-state index in [2.05, 4.69) is 10.0 Å². The largest absolute Gasteiger partial charge is 0.497 e. The fourth-order valence-corrected chi connectivity index (χ4v) is 5.77. The molecule has 1 aliphatic heterocycles. The second kappa shape index (κ2) is 13.9. The van der Waals surface area contributed by atoms with Crippen LogP contribution in [0.25, 0.3) is 0 Å². The van der Waals surface area contributed by atoms with Gasteiger partial charge in [0.1, 0.15) is 23.4 Å². The quantitative estimate of drug-likeness (QED) is 0.307. The van der Waals surface area contributed by atoms with E-state index in [1.165, 1.54) is 59.4 Å². The summed E-state index contributed by atoms with van der Waals surface area (Å²) in [5, 5.41) is 12.8. The van der Waals surface area contributed by atoms with Crippen molar-refractivity contribution in [2.45, 2.75) is 30.9 Å². The molecule has 0 aromatic heterocycles. The number of aliphatic hydroxyl groups excluding tert-OH is 1. The molecule has 3 atom stereocenters. The maximum Gasteiger partial charge on any atom is 0.321 e. The highest BCUT2D eigenvalue weighted by Gasteiger charge is 2.34. The van der Waals surface area contributed by atoms with E-state index in [1.54, 1.807) is 45.3 Å². The maximum atomic E-state index is 13.7. The number of hydrogen-bond donors (Lipinski definition) is 3. The first-order chi connectivity index (χ1) is 20.9. The maximum absolute atomic E-state index is 13.7. The fourth-order valence-electron chi connectivity index (χ4n) is 4.72. The smallest absolute Gasteiger partial charge is 0.321 e. The van der Waals surface area contributed by atoms with Crippen LogP contribution in [0.1, 0.15) is 24.2 Å². The van der Waals surface area contributed by atoms with Gasteiger partial charge in [0.2, 0.25) is 0 Å². The predicted octanol–water partition coefficient (Wildman–Crippen LogP) is 3.89. The molecular formula is C31H38N4O8S. The Bertz CT molecular complexity index is 1560. The van der Waals surface area contributed by atoms with Crippen molar-refractivity contribution in [2.75, 3.05) is 51.0 Å². The molecule has 0 bridgehead atoms. The number of sulfonamides is 1. The Morgan fingerprint density at radius 3 is 2.23 bits per heavy atom. The summed E-state index contributed by atoms with van der Waals surface area (Å²) in [5.74, 6) is 0.768. The van der Waals surface area contributed by atoms with E-state index in [4.69, 9.17) is 14.2 Å². The van der Waals surface area contributed by atoms with Gasteiger partial charge in [-0.25, -0.2) is 13.2 Å². The minimum absolute atomic E-state index is 0.0213. The van der Waals surface area contributed by atoms with Gasteiger partial charge in [-0.2, -0.15) is 0 Å². The molecule has 0 fully saturated rings. The monoisotopic (exact) mass is 626 g/mol. The number of fused-ring (bicyclic) bond motifs is 1. The van der Waals surface area contributed by atoms with Crippen molar-refractivity contribution >= 4 is 33.3 Å². The van der Waals surface area contributed by atoms with Gasteiger partial charge in [-0.3, -0.25) is 9.52 Å². The van der Waals surface area contributed by atoms with Crippen LogP contribution in [0.15, 0.2) is 71.6 Å². The topological polar surface area (TPSA) is 147 Å². The molecule has 4 rings (SSSR count). The fraction of sp³-hybridized carbons (Fsp3) is 0.355. The summed E-state index contributed by atoms with van der Waals surface area (Å²) in [6.07, 6.45) is -0.538. The summed E-state index contributed by atoms with van der Waals surface area (Å²) in [5.41, 5.74) is 0.884. The van der Waals surface area contributed by atoms with Crippen molar-refractivity contribution in [2.24, 2.45) is 5.92 Å². The molecule has 12 nitrogen and oxygen atoms in total. The van der Waals surface area contributed by atoms with Gasteiger partial charge in [-0.1, -0.05) is 6.92 Å². The molecule has 236 valence electrons. The molecule has 0 aliphatic carbocycles. The number of nitrogens with one attached hydrogen (secondary N) is 2. The van der Waals surface area contributed by atoms with Crippen LogP contribution in [0.2, 0.25) is 0 Å². The van der Waals surface area contributed by atoms with Crippen LogP contribution in [0, 0.1) is 5.92 Å². The zero-order valence-corrected chi connectivity index (χ0v) is 26.1. The van der Waals surface area contributed by atoms with Gasteiger partial charge in [-0.05, 0) is 73.7 Å². The van der Waals surface area contributed by atoms with Crippen LogP contribution in [0.5, 0.6) is 17.2 Å². The highest BCUT2D eigenvalue weighted by atomic mass is 32.2. The number of ether oxygens (including phenoxy) is 3. The summed E-state index contributed by atoms with van der Waals surface area (Å²) in [4.78, 5) is 29.8. The van der Waals surface area contributed by atoms with Gasteiger partial charge >= 0.3 is 6.03 Å². The minimum Gasteiger partial charge on any atom is -0.497 e. The number of anilines is 2. The molecule has 0 radical (unpaired) electrons. The standard InChI is InChI=1S/C31H38N4O8S/c1-20-17-35(21(2)19-36)30(37)27-16-23(33-44(39,40)26-13-11-25(42-5)12-14-26)8-15-28(27)43-29(20)18-34(3)31(38)32-22-6-9-24(41-4)10-7-22/h6-16,20-21,29,33,36H,17-19H2,1-5H3,(H,32,38)/t20-,21-,29-/m0/s1. The first-order valence-corrected chi connectivity index (χ1v) is 15.5. The molecule has 1 heterocycles. The highest BCUT2D eigenvalue weighted by Crippen LogP contribution is 2.31. The number of methoxy groups -OCH3 is 2. The molecular weight excluding hydrogens is 588 g/mol. The number of carbonyl (C=O) groups excluding carboxylic acids is 2. The average Bonchev–Trinajstić information content (AvgIpc) is 3.02. The number of aliphatic hydroxyl groups is 1. The summed E-state index contributed by atoms with van der Waals surface area (Å²) < 4.78 is 45.3. The van der Waals surface area contributed by atoms with Crippen molar-refractivity contribution in [3.05, 3.63) is 72.3 Å². The lowest BCUT2D eigenvalue weighted by Crippen LogP contribution is -2.50. The Hall–Kier alpha value is -4.49. The summed E-state index contributed by atoms with van der Waals surface area (Å²) in [6, 6.07) is 16.4. The lowest BCUT2D eigenvalue weighted by molar-refractivity contribution is 0.0371. The number of hydrogen-bond acceptors (Lipinski definition) is 8. The molecule has 0 saturated heterocycles. The van der Waals surface area contributed by atoms with Crippen molar-refractivity contribution in [3.8, 4) is 17.2 Å². The molecule has 3 aromatic carbocycles. The lowest BCUT2D eigenvalue weighted by Gasteiger charge is -2.38. The lowest BCUT2D eigenvalue weighted by atomic mass is 9.99. The molecule has 44 heavy (non-hydrogen) atoms. The Kier molecular flexibility index (Phi) is 10.2. The van der Waals surface area contributed by atoms with E-state index < -0.39 is 28.1 Å². The van der Waals surface area contributed by atoms with E-state index >= 15 is 0 Å². The predicted molar refractivity (Wildman–Crippen MR) is 166 cm³/mol. The zero-order valence-electron chi connectivity index (χ0n) is 25.3. The van der Waals surface area contributed by atoms with Crippen LogP contribution in [-0.2, 0) is 10.0 Å². The second-order valence-corrected chi connectivity index (χ2v) is 12.3. The molecule has 3 aromatic rings. The molecule has 0 saturated carbocycles. The van der Waals surface area contributed by atoms with E-state index in [0.29, 0.717) is 17.2 Å². The minimum atomic E-state index is -3.98. The third kappa shape index (κ3) is 7.53. The number of rotatable bonds is 10. The Balaban J connectivity index is 1.59. The van der Waals surface area contributed by atoms with Crippen LogP contribution in [-0.4, -0.2) is 88.4 Å². The number of carbonyl (C=O) groups is 2. The van der Waals surface area contributed by atoms with Gasteiger partial charge in [0.25, 0.3) is 15.9 Å². The summed E-state index contributed by atoms with van der Waals surface area (Å²) in [6.45, 7) is 3.79. The Morgan fingerprint density at radius 2 is 1.64 bits per heavy atom. The zero-order chi connectivity index (χ0) is 32.0. The van der Waals surface area contributed by atoms with Crippen molar-refractivity contribution in [1.82, 2.24) is 9.80 Å². The Labute approximate surface area is 257 Å². The number of nitrogens with zero attached hydrogens (tertiary/aromatic N) is 2. The SMILES string of the molecule is COc1ccc(NC(=O)N(C)C[C@@H]2Oc3ccc(NS(=O)(=O)c4ccc(OC)cc4)cc3C(=O)N([C@@H](C)CO)C[C@@H]2C)cc1. The molecule has 3 amide bonds. The number of amides is 3. The van der Waals surface area contributed by atoms with Crippen LogP contribution < -0.4 is 24.2 Å². The van der Waals surface area contributed by atoms with Crippen molar-refractivity contribution in [1.29, 1.82) is 0 Å². The van der Waals surface area contributed by atoms with Gasteiger partial charge in [0.15, 0.2) is 0 Å². The first-order valence-electron chi connectivity index (χ1n) is 14.0. The van der Waals surface area contributed by atoms with Crippen LogP contribution in [0.3, 0.4) is 0 Å². The molecule has 0 unspecified atom stereocenters. The summed E-state index contributed by atoms with van der Waals surface area (Å²) >= 11 is 0. The average molecular weight is 627 g/mol. The third-order valence-corrected chi connectivity index (χ3v) is 8.83. The number of likely N-dealkylation sites (N-methyl/N-ethyl adjacent to an activating group) is 1. The van der Waals surface area contributed by atoms with Crippen LogP contribution >= 0.6 is 0 Å². The number of urea groups is 1. The van der Waals surface area contributed by atoms with E-state index in [1.807, 2.05) is 6.92 Å². The van der Waals surface area contributed by atoms with E-state index in [9.17, 15) is 23.1 Å². The summed E-state index contributed by atoms with van der Waals surface area (Å²) in [7, 11) is 0.716. The Morgan fingerprint density at radius 1 is 1.05 bits per heavy atom. The van der Waals surface area contributed by atoms with E-state index in [0.717, 1.165) is 0 Å². The third-order valence-electron chi connectivity index (χ3n) is 7.43. The number of benzene rings is 3. The van der Waals surface area contributed by atoms with Crippen molar-refractivity contribution in [3.63, 3.8) is 0 Å². The van der Waals surface area contributed by atoms with Gasteiger partial charge in [0.05, 0.1) is 43.9 Å². The first kappa shape index (κ1) is 32.4. The highest BCUT2D eigenvalue weighted by molar-refractivity contribution is 7.92. The normalized spacial score (nSPS) is 17.3.